The Morgan fingerprint density at radius 3 is 2.74 bits per heavy atom. The lowest BCUT2D eigenvalue weighted by molar-refractivity contribution is -0.384. The van der Waals surface area contributed by atoms with Crippen LogP contribution in [0, 0.1) is 10.1 Å². The molecule has 3 aromatic rings. The van der Waals surface area contributed by atoms with Crippen molar-refractivity contribution in [2.24, 2.45) is 10.2 Å². The Balaban J connectivity index is 2.03. The Morgan fingerprint density at radius 2 is 2.07 bits per heavy atom. The largest absolute Gasteiger partial charge is 0.497 e. The van der Waals surface area contributed by atoms with Gasteiger partial charge in [-0.05, 0) is 31.2 Å². The van der Waals surface area contributed by atoms with Crippen LogP contribution in [-0.4, -0.2) is 27.6 Å². The Morgan fingerprint density at radius 1 is 1.30 bits per heavy atom. The number of rotatable bonds is 5. The van der Waals surface area contributed by atoms with Crippen molar-refractivity contribution in [1.82, 2.24) is 4.57 Å². The topological polar surface area (TPSA) is 119 Å². The van der Waals surface area contributed by atoms with Crippen molar-refractivity contribution in [3.8, 4) is 11.6 Å². The number of hydrogen-bond acceptors (Lipinski definition) is 6. The third-order valence-electron chi connectivity index (χ3n) is 4.08. The van der Waals surface area contributed by atoms with Crippen molar-refractivity contribution in [3.05, 3.63) is 58.1 Å². The van der Waals surface area contributed by atoms with Crippen LogP contribution in [-0.2, 0) is 6.54 Å². The van der Waals surface area contributed by atoms with Gasteiger partial charge in [0.25, 0.3) is 11.6 Å². The van der Waals surface area contributed by atoms with E-state index in [4.69, 9.17) is 4.74 Å². The number of ether oxygens (including phenoxy) is 1. The molecule has 0 aliphatic heterocycles. The predicted molar refractivity (Wildman–Crippen MR) is 97.8 cm³/mol. The Bertz CT molecular complexity index is 1070. The van der Waals surface area contributed by atoms with E-state index in [1.165, 1.54) is 25.3 Å². The van der Waals surface area contributed by atoms with Crippen LogP contribution in [0.5, 0.6) is 11.6 Å². The summed E-state index contributed by atoms with van der Waals surface area (Å²) >= 11 is 0. The number of nitro groups is 1. The quantitative estimate of drug-likeness (QED) is 0.411. The van der Waals surface area contributed by atoms with Crippen molar-refractivity contribution < 1.29 is 19.6 Å². The molecule has 3 rings (SSSR count). The van der Waals surface area contributed by atoms with Crippen LogP contribution in [0.3, 0.4) is 0 Å². The highest BCUT2D eigenvalue weighted by molar-refractivity contribution is 5.98. The lowest BCUT2D eigenvalue weighted by Gasteiger charge is -2.02. The molecule has 0 bridgehead atoms. The standard InChI is InChI=1S/C18H16N4O5/c1-3-21-15-8-7-13(27-2)10-14(15)16(18(21)24)19-20-17(23)11-5-4-6-12(9-11)22(25)26/h4-10,24H,3H2,1-2H3. The number of carbonyl (C=O) groups excluding carboxylic acids is 1. The monoisotopic (exact) mass is 368 g/mol. The van der Waals surface area contributed by atoms with Gasteiger partial charge in [-0.15, -0.1) is 10.2 Å². The van der Waals surface area contributed by atoms with E-state index >= 15 is 0 Å². The van der Waals surface area contributed by atoms with E-state index < -0.39 is 10.8 Å². The maximum Gasteiger partial charge on any atom is 0.295 e. The molecule has 2 aromatic carbocycles. The van der Waals surface area contributed by atoms with Crippen molar-refractivity contribution >= 4 is 28.2 Å². The molecule has 27 heavy (non-hydrogen) atoms. The zero-order valence-electron chi connectivity index (χ0n) is 14.6. The fourth-order valence-corrected chi connectivity index (χ4v) is 2.75. The first-order chi connectivity index (χ1) is 13.0. The van der Waals surface area contributed by atoms with E-state index in [-0.39, 0.29) is 22.8 Å². The van der Waals surface area contributed by atoms with Gasteiger partial charge in [-0.1, -0.05) is 6.07 Å². The molecule has 1 aromatic heterocycles. The molecule has 0 saturated heterocycles. The fourth-order valence-electron chi connectivity index (χ4n) is 2.75. The second-order valence-corrected chi connectivity index (χ2v) is 5.61. The predicted octanol–water partition coefficient (Wildman–Crippen LogP) is 4.21. The zero-order valence-corrected chi connectivity index (χ0v) is 14.6. The summed E-state index contributed by atoms with van der Waals surface area (Å²) in [6.45, 7) is 2.35. The van der Waals surface area contributed by atoms with Gasteiger partial charge in [0.05, 0.1) is 23.1 Å². The lowest BCUT2D eigenvalue weighted by atomic mass is 10.2. The van der Waals surface area contributed by atoms with E-state index in [0.717, 1.165) is 6.07 Å². The molecule has 138 valence electrons. The highest BCUT2D eigenvalue weighted by atomic mass is 16.6. The molecule has 1 heterocycles. The minimum absolute atomic E-state index is 0.0317. The molecule has 0 atom stereocenters. The van der Waals surface area contributed by atoms with Gasteiger partial charge in [-0.3, -0.25) is 14.9 Å². The van der Waals surface area contributed by atoms with Gasteiger partial charge in [0.1, 0.15) is 5.75 Å². The van der Waals surface area contributed by atoms with Crippen LogP contribution in [0.4, 0.5) is 11.4 Å². The van der Waals surface area contributed by atoms with E-state index in [1.54, 1.807) is 22.8 Å². The molecular formula is C18H16N4O5. The number of aryl methyl sites for hydroxylation is 1. The molecule has 0 spiro atoms. The van der Waals surface area contributed by atoms with E-state index in [1.807, 2.05) is 6.92 Å². The van der Waals surface area contributed by atoms with Gasteiger partial charge in [-0.25, -0.2) is 0 Å². The molecule has 0 aliphatic rings. The second kappa shape index (κ2) is 7.24. The SMILES string of the molecule is CCn1c(O)c(N=NC(=O)c2cccc([N+](=O)[O-])c2)c2cc(OC)ccc21. The molecule has 0 aliphatic carbocycles. The lowest BCUT2D eigenvalue weighted by Crippen LogP contribution is -1.96. The van der Waals surface area contributed by atoms with E-state index in [9.17, 15) is 20.0 Å². The van der Waals surface area contributed by atoms with Crippen LogP contribution >= 0.6 is 0 Å². The summed E-state index contributed by atoms with van der Waals surface area (Å²) in [6, 6.07) is 10.4. The Labute approximate surface area is 153 Å². The number of aromatic hydroxyl groups is 1. The second-order valence-electron chi connectivity index (χ2n) is 5.61. The summed E-state index contributed by atoms with van der Waals surface area (Å²) in [7, 11) is 1.52. The van der Waals surface area contributed by atoms with Crippen LogP contribution in [0.2, 0.25) is 0 Å². The molecule has 1 N–H and O–H groups in total. The first-order valence-corrected chi connectivity index (χ1v) is 8.06. The molecule has 0 unspecified atom stereocenters. The van der Waals surface area contributed by atoms with Crippen molar-refractivity contribution in [2.45, 2.75) is 13.5 Å². The third-order valence-corrected chi connectivity index (χ3v) is 4.08. The highest BCUT2D eigenvalue weighted by Crippen LogP contribution is 2.40. The van der Waals surface area contributed by atoms with Crippen molar-refractivity contribution in [1.29, 1.82) is 0 Å². The molecule has 0 radical (unpaired) electrons. The molecule has 9 nitrogen and oxygen atoms in total. The van der Waals surface area contributed by atoms with Gasteiger partial charge >= 0.3 is 0 Å². The number of azo groups is 1. The third kappa shape index (κ3) is 3.34. The van der Waals surface area contributed by atoms with Gasteiger partial charge in [0, 0.05) is 24.1 Å². The molecule has 0 fully saturated rings. The summed E-state index contributed by atoms with van der Waals surface area (Å²) in [4.78, 5) is 22.5. The summed E-state index contributed by atoms with van der Waals surface area (Å²) in [5.74, 6) is -0.313. The van der Waals surface area contributed by atoms with Crippen molar-refractivity contribution in [2.75, 3.05) is 7.11 Å². The van der Waals surface area contributed by atoms with Crippen LogP contribution in [0.1, 0.15) is 17.3 Å². The maximum absolute atomic E-state index is 12.2. The number of aromatic nitrogens is 1. The smallest absolute Gasteiger partial charge is 0.295 e. The Hall–Kier alpha value is -3.75. The van der Waals surface area contributed by atoms with E-state index in [2.05, 4.69) is 10.2 Å². The van der Waals surface area contributed by atoms with Gasteiger partial charge < -0.3 is 14.4 Å². The summed E-state index contributed by atoms with van der Waals surface area (Å²) in [6.07, 6.45) is 0. The van der Waals surface area contributed by atoms with Crippen LogP contribution in [0.15, 0.2) is 52.7 Å². The number of methoxy groups -OCH3 is 1. The molecular weight excluding hydrogens is 352 g/mol. The zero-order chi connectivity index (χ0) is 19.6. The van der Waals surface area contributed by atoms with Crippen LogP contribution in [0.25, 0.3) is 10.9 Å². The summed E-state index contributed by atoms with van der Waals surface area (Å²) in [5.41, 5.74) is 0.660. The van der Waals surface area contributed by atoms with Gasteiger partial charge in [-0.2, -0.15) is 0 Å². The number of nitro benzene ring substituents is 1. The minimum Gasteiger partial charge on any atom is -0.497 e. The number of carbonyl (C=O) groups is 1. The molecule has 9 heteroatoms. The molecule has 1 amide bonds. The van der Waals surface area contributed by atoms with Gasteiger partial charge in [0.15, 0.2) is 5.69 Å². The average molecular weight is 368 g/mol. The number of hydrogen-bond donors (Lipinski definition) is 1. The summed E-state index contributed by atoms with van der Waals surface area (Å²) in [5, 5.41) is 29.4. The van der Waals surface area contributed by atoms with Crippen LogP contribution < -0.4 is 4.74 Å². The minimum atomic E-state index is -0.751. The number of nitrogens with zero attached hydrogens (tertiary/aromatic N) is 4. The van der Waals surface area contributed by atoms with Crippen molar-refractivity contribution in [3.63, 3.8) is 0 Å². The normalized spacial score (nSPS) is 11.2. The molecule has 0 saturated carbocycles. The number of amides is 1. The van der Waals surface area contributed by atoms with E-state index in [0.29, 0.717) is 23.2 Å². The Kier molecular flexibility index (Phi) is 4.84. The van der Waals surface area contributed by atoms with Gasteiger partial charge in [0.2, 0.25) is 5.88 Å². The summed E-state index contributed by atoms with van der Waals surface area (Å²) < 4.78 is 6.82. The first-order valence-electron chi connectivity index (χ1n) is 8.06. The average Bonchev–Trinajstić information content (AvgIpc) is 2.95. The fraction of sp³-hybridized carbons (Fsp3) is 0.167. The number of fused-ring (bicyclic) bond motifs is 1. The number of benzene rings is 2. The first kappa shape index (κ1) is 18.1. The maximum atomic E-state index is 12.2. The highest BCUT2D eigenvalue weighted by Gasteiger charge is 2.17. The number of non-ortho nitro benzene ring substituents is 1.